The Bertz CT molecular complexity index is 670. The van der Waals surface area contributed by atoms with E-state index in [0.717, 1.165) is 11.1 Å². The summed E-state index contributed by atoms with van der Waals surface area (Å²) in [6.45, 7) is 6.28. The number of carbonyl (C=O) groups is 2. The predicted molar refractivity (Wildman–Crippen MR) is 100 cm³/mol. The highest BCUT2D eigenvalue weighted by Gasteiger charge is 2.26. The maximum atomic E-state index is 11.8. The molecule has 0 radical (unpaired) electrons. The van der Waals surface area contributed by atoms with Gasteiger partial charge in [0.2, 0.25) is 0 Å². The van der Waals surface area contributed by atoms with Gasteiger partial charge in [-0.1, -0.05) is 40.2 Å². The topological polar surface area (TPSA) is 52.6 Å². The van der Waals surface area contributed by atoms with E-state index in [-0.39, 0.29) is 11.9 Å². The number of hydrogen-bond acceptors (Lipinski definition) is 4. The molecule has 0 aliphatic heterocycles. The van der Waals surface area contributed by atoms with Crippen molar-refractivity contribution < 1.29 is 19.1 Å². The summed E-state index contributed by atoms with van der Waals surface area (Å²) in [6, 6.07) is 14.6. The van der Waals surface area contributed by atoms with Crippen LogP contribution in [0.5, 0.6) is 0 Å². The Morgan fingerprint density at radius 1 is 0.800 bits per heavy atom. The molecule has 0 aliphatic carbocycles. The maximum Gasteiger partial charge on any atom is 0.338 e. The monoisotopic (exact) mass is 404 g/mol. The lowest BCUT2D eigenvalue weighted by atomic mass is 9.91. The van der Waals surface area contributed by atoms with Gasteiger partial charge in [0.05, 0.1) is 28.7 Å². The van der Waals surface area contributed by atoms with Gasteiger partial charge in [-0.25, -0.2) is 9.59 Å². The summed E-state index contributed by atoms with van der Waals surface area (Å²) < 4.78 is 9.55. The third-order valence-electron chi connectivity index (χ3n) is 3.88. The Morgan fingerprint density at radius 2 is 1.12 bits per heavy atom. The van der Waals surface area contributed by atoms with Gasteiger partial charge < -0.3 is 9.47 Å². The van der Waals surface area contributed by atoms with Crippen LogP contribution >= 0.6 is 15.9 Å². The minimum atomic E-state index is -0.451. The molecule has 0 amide bonds. The Labute approximate surface area is 156 Å². The second-order valence-electron chi connectivity index (χ2n) is 5.60. The van der Waals surface area contributed by atoms with Gasteiger partial charge in [0.15, 0.2) is 0 Å². The zero-order chi connectivity index (χ0) is 18.4. The lowest BCUT2D eigenvalue weighted by Gasteiger charge is -2.24. The number of ether oxygens (including phenoxy) is 2. The summed E-state index contributed by atoms with van der Waals surface area (Å²) in [7, 11) is 0. The minimum absolute atomic E-state index is 0.330. The molecular formula is C20H21BrO4. The van der Waals surface area contributed by atoms with Crippen molar-refractivity contribution in [3.8, 4) is 0 Å². The molecule has 0 N–H and O–H groups in total. The van der Waals surface area contributed by atoms with Crippen LogP contribution in [0.3, 0.4) is 0 Å². The zero-order valence-corrected chi connectivity index (χ0v) is 16.1. The fraction of sp³-hybridized carbons (Fsp3) is 0.300. The molecule has 0 fully saturated rings. The number of carbonyl (C=O) groups excluding carboxylic acids is 2. The third kappa shape index (κ3) is 4.48. The zero-order valence-electron chi connectivity index (χ0n) is 14.5. The van der Waals surface area contributed by atoms with Crippen LogP contribution in [-0.4, -0.2) is 25.2 Å². The van der Waals surface area contributed by atoms with Crippen LogP contribution in [0.25, 0.3) is 0 Å². The quantitative estimate of drug-likeness (QED) is 0.517. The molecule has 2 aromatic carbocycles. The van der Waals surface area contributed by atoms with E-state index in [9.17, 15) is 9.59 Å². The third-order valence-corrected chi connectivity index (χ3v) is 4.79. The van der Waals surface area contributed by atoms with E-state index in [4.69, 9.17) is 9.47 Å². The summed E-state index contributed by atoms with van der Waals surface area (Å²) in [5.41, 5.74) is 3.02. The second-order valence-corrected chi connectivity index (χ2v) is 7.18. The molecule has 0 saturated carbocycles. The van der Waals surface area contributed by atoms with E-state index in [0.29, 0.717) is 24.3 Å². The van der Waals surface area contributed by atoms with E-state index < -0.39 is 4.32 Å². The summed E-state index contributed by atoms with van der Waals surface area (Å²) in [5.74, 6) is -0.659. The Balaban J connectivity index is 2.22. The van der Waals surface area contributed by atoms with E-state index in [1.165, 1.54) is 0 Å². The molecule has 4 nitrogen and oxygen atoms in total. The first-order valence-electron chi connectivity index (χ1n) is 8.14. The normalized spacial score (nSPS) is 11.0. The van der Waals surface area contributed by atoms with Crippen LogP contribution in [0.15, 0.2) is 48.5 Å². The van der Waals surface area contributed by atoms with Gasteiger partial charge >= 0.3 is 11.9 Å². The number of rotatable bonds is 6. The fourth-order valence-electron chi connectivity index (χ4n) is 2.43. The molecule has 0 unspecified atom stereocenters. The van der Waals surface area contributed by atoms with E-state index in [1.54, 1.807) is 38.1 Å². The average Bonchev–Trinajstić information content (AvgIpc) is 2.62. The molecule has 0 aliphatic rings. The fourth-order valence-corrected chi connectivity index (χ4v) is 2.96. The Morgan fingerprint density at radius 3 is 1.40 bits per heavy atom. The van der Waals surface area contributed by atoms with Crippen LogP contribution in [0, 0.1) is 0 Å². The summed E-state index contributed by atoms with van der Waals surface area (Å²) in [4.78, 5) is 23.5. The molecule has 132 valence electrons. The van der Waals surface area contributed by atoms with E-state index >= 15 is 0 Å². The number of hydrogen-bond donors (Lipinski definition) is 0. The number of esters is 2. The lowest BCUT2D eigenvalue weighted by molar-refractivity contribution is 0.0517. The first kappa shape index (κ1) is 19.2. The van der Waals surface area contributed by atoms with Crippen LogP contribution < -0.4 is 0 Å². The molecule has 0 heterocycles. The molecule has 0 aromatic heterocycles. The van der Waals surface area contributed by atoms with Crippen molar-refractivity contribution >= 4 is 27.9 Å². The molecule has 25 heavy (non-hydrogen) atoms. The van der Waals surface area contributed by atoms with Gasteiger partial charge in [-0.2, -0.15) is 0 Å². The first-order chi connectivity index (χ1) is 11.9. The van der Waals surface area contributed by atoms with Crippen molar-refractivity contribution in [2.75, 3.05) is 13.2 Å². The summed E-state index contributed by atoms with van der Waals surface area (Å²) in [6.07, 6.45) is 0. The standard InChI is InChI=1S/C20H21BrO4/c1-4-24-18(22)14-6-10-16(11-7-14)20(3,21)17-12-8-15(9-13-17)19(23)25-5-2/h6-13H,4-5H2,1-3H3. The highest BCUT2D eigenvalue weighted by atomic mass is 79.9. The molecule has 0 atom stereocenters. The van der Waals surface area contributed by atoms with Gasteiger partial charge in [-0.05, 0) is 56.2 Å². The van der Waals surface area contributed by atoms with Gasteiger partial charge in [-0.3, -0.25) is 0 Å². The lowest BCUT2D eigenvalue weighted by Crippen LogP contribution is -2.16. The average molecular weight is 405 g/mol. The van der Waals surface area contributed by atoms with Crippen molar-refractivity contribution in [1.29, 1.82) is 0 Å². The van der Waals surface area contributed by atoms with E-state index in [1.807, 2.05) is 31.2 Å². The molecule has 0 bridgehead atoms. The van der Waals surface area contributed by atoms with E-state index in [2.05, 4.69) is 15.9 Å². The van der Waals surface area contributed by atoms with Crippen molar-refractivity contribution in [3.63, 3.8) is 0 Å². The molecular weight excluding hydrogens is 384 g/mol. The van der Waals surface area contributed by atoms with Crippen molar-refractivity contribution in [2.24, 2.45) is 0 Å². The SMILES string of the molecule is CCOC(=O)c1ccc(C(C)(Br)c2ccc(C(=O)OCC)cc2)cc1. The largest absolute Gasteiger partial charge is 0.462 e. The number of alkyl halides is 1. The smallest absolute Gasteiger partial charge is 0.338 e. The van der Waals surface area contributed by atoms with Crippen LogP contribution in [0.4, 0.5) is 0 Å². The second kappa shape index (κ2) is 8.30. The summed E-state index contributed by atoms with van der Waals surface area (Å²) >= 11 is 3.75. The minimum Gasteiger partial charge on any atom is -0.462 e. The summed E-state index contributed by atoms with van der Waals surface area (Å²) in [5, 5.41) is 0. The highest BCUT2D eigenvalue weighted by Crippen LogP contribution is 2.38. The highest BCUT2D eigenvalue weighted by molar-refractivity contribution is 9.09. The Hall–Kier alpha value is -2.14. The van der Waals surface area contributed by atoms with Crippen molar-refractivity contribution in [2.45, 2.75) is 25.1 Å². The van der Waals surface area contributed by atoms with Gasteiger partial charge in [0.25, 0.3) is 0 Å². The molecule has 2 aromatic rings. The molecule has 5 heteroatoms. The molecule has 0 spiro atoms. The Kier molecular flexibility index (Phi) is 6.37. The maximum absolute atomic E-state index is 11.8. The van der Waals surface area contributed by atoms with Crippen LogP contribution in [-0.2, 0) is 13.8 Å². The van der Waals surface area contributed by atoms with Crippen LogP contribution in [0.1, 0.15) is 52.6 Å². The first-order valence-corrected chi connectivity index (χ1v) is 8.93. The van der Waals surface area contributed by atoms with Gasteiger partial charge in [0, 0.05) is 0 Å². The van der Waals surface area contributed by atoms with Crippen molar-refractivity contribution in [3.05, 3.63) is 70.8 Å². The number of benzene rings is 2. The molecule has 0 saturated heterocycles. The van der Waals surface area contributed by atoms with Gasteiger partial charge in [0.1, 0.15) is 0 Å². The molecule has 2 rings (SSSR count). The number of halogens is 1. The van der Waals surface area contributed by atoms with Gasteiger partial charge in [-0.15, -0.1) is 0 Å². The predicted octanol–water partition coefficient (Wildman–Crippen LogP) is 4.70. The van der Waals surface area contributed by atoms with Crippen LogP contribution in [0.2, 0.25) is 0 Å². The van der Waals surface area contributed by atoms with Crippen molar-refractivity contribution in [1.82, 2.24) is 0 Å².